The minimum Gasteiger partial charge on any atom is -0.326 e. The number of fused-ring (bicyclic) bond motifs is 1. The molecule has 2 N–H and O–H groups in total. The van der Waals surface area contributed by atoms with Gasteiger partial charge in [-0.3, -0.25) is 9.59 Å². The topological polar surface area (TPSA) is 58.2 Å². The Morgan fingerprint density at radius 3 is 2.39 bits per heavy atom. The Morgan fingerprint density at radius 1 is 0.806 bits per heavy atom. The van der Waals surface area contributed by atoms with E-state index in [0.717, 1.165) is 16.3 Å². The third kappa shape index (κ3) is 4.90. The SMILES string of the molecule is O=C(Cc1cccc2ccccc12)Nc1cccc(C(=O)Nc2ccc(F)c(Cl)c2)c1. The van der Waals surface area contributed by atoms with Gasteiger partial charge in [0.2, 0.25) is 5.91 Å². The third-order valence-electron chi connectivity index (χ3n) is 4.82. The average Bonchev–Trinajstić information content (AvgIpc) is 2.77. The summed E-state index contributed by atoms with van der Waals surface area (Å²) in [5.74, 6) is -1.14. The summed E-state index contributed by atoms with van der Waals surface area (Å²) in [6, 6.07) is 24.3. The van der Waals surface area contributed by atoms with E-state index in [0.29, 0.717) is 16.9 Å². The fraction of sp³-hybridized carbons (Fsp3) is 0.0400. The van der Waals surface area contributed by atoms with Gasteiger partial charge >= 0.3 is 0 Å². The zero-order valence-electron chi connectivity index (χ0n) is 16.4. The van der Waals surface area contributed by atoms with E-state index in [2.05, 4.69) is 10.6 Å². The van der Waals surface area contributed by atoms with Crippen LogP contribution in [0.2, 0.25) is 5.02 Å². The predicted molar refractivity (Wildman–Crippen MR) is 122 cm³/mol. The number of benzene rings is 4. The lowest BCUT2D eigenvalue weighted by Gasteiger charge is -2.10. The van der Waals surface area contributed by atoms with Crippen LogP contribution in [0.25, 0.3) is 10.8 Å². The second-order valence-electron chi connectivity index (χ2n) is 7.03. The molecule has 0 aliphatic carbocycles. The Bertz CT molecular complexity index is 1280. The first-order valence-electron chi connectivity index (χ1n) is 9.62. The van der Waals surface area contributed by atoms with Crippen LogP contribution < -0.4 is 10.6 Å². The number of rotatable bonds is 5. The van der Waals surface area contributed by atoms with Crippen molar-refractivity contribution in [2.75, 3.05) is 10.6 Å². The van der Waals surface area contributed by atoms with Crippen molar-refractivity contribution in [2.45, 2.75) is 6.42 Å². The van der Waals surface area contributed by atoms with E-state index < -0.39 is 11.7 Å². The molecule has 0 heterocycles. The monoisotopic (exact) mass is 432 g/mol. The molecule has 2 amide bonds. The van der Waals surface area contributed by atoms with Crippen LogP contribution >= 0.6 is 11.6 Å². The summed E-state index contributed by atoms with van der Waals surface area (Å²) < 4.78 is 13.3. The molecular formula is C25H18ClFN2O2. The van der Waals surface area contributed by atoms with E-state index >= 15 is 0 Å². The highest BCUT2D eigenvalue weighted by molar-refractivity contribution is 6.31. The van der Waals surface area contributed by atoms with E-state index in [9.17, 15) is 14.0 Å². The van der Waals surface area contributed by atoms with Crippen molar-refractivity contribution in [1.82, 2.24) is 0 Å². The summed E-state index contributed by atoms with van der Waals surface area (Å²) in [4.78, 5) is 25.1. The number of carbonyl (C=O) groups excluding carboxylic acids is 2. The molecule has 31 heavy (non-hydrogen) atoms. The zero-order chi connectivity index (χ0) is 21.8. The zero-order valence-corrected chi connectivity index (χ0v) is 17.1. The maximum absolute atomic E-state index is 13.3. The summed E-state index contributed by atoms with van der Waals surface area (Å²) in [5.41, 5.74) is 2.16. The number of hydrogen-bond acceptors (Lipinski definition) is 2. The van der Waals surface area contributed by atoms with Crippen LogP contribution in [-0.4, -0.2) is 11.8 Å². The molecule has 0 aliphatic heterocycles. The maximum Gasteiger partial charge on any atom is 0.255 e. The lowest BCUT2D eigenvalue weighted by Crippen LogP contribution is -2.16. The van der Waals surface area contributed by atoms with E-state index in [4.69, 9.17) is 11.6 Å². The first-order valence-corrected chi connectivity index (χ1v) is 10.0. The molecule has 0 saturated carbocycles. The van der Waals surface area contributed by atoms with Gasteiger partial charge in [-0.2, -0.15) is 0 Å². The summed E-state index contributed by atoms with van der Waals surface area (Å²) in [6.45, 7) is 0. The van der Waals surface area contributed by atoms with Crippen LogP contribution in [0.5, 0.6) is 0 Å². The smallest absolute Gasteiger partial charge is 0.255 e. The van der Waals surface area contributed by atoms with Crippen molar-refractivity contribution in [3.8, 4) is 0 Å². The largest absolute Gasteiger partial charge is 0.326 e. The third-order valence-corrected chi connectivity index (χ3v) is 5.11. The van der Waals surface area contributed by atoms with E-state index in [1.165, 1.54) is 18.2 Å². The van der Waals surface area contributed by atoms with Crippen molar-refractivity contribution in [1.29, 1.82) is 0 Å². The Kier molecular flexibility index (Phi) is 5.96. The molecule has 0 fully saturated rings. The Balaban J connectivity index is 1.45. The minimum atomic E-state index is -0.560. The van der Waals surface area contributed by atoms with Crippen molar-refractivity contribution in [3.63, 3.8) is 0 Å². The Labute approximate surface area is 183 Å². The average molecular weight is 433 g/mol. The highest BCUT2D eigenvalue weighted by atomic mass is 35.5. The van der Waals surface area contributed by atoms with Crippen LogP contribution in [0.3, 0.4) is 0 Å². The molecule has 4 aromatic carbocycles. The molecule has 0 radical (unpaired) electrons. The number of amides is 2. The lowest BCUT2D eigenvalue weighted by atomic mass is 10.0. The fourth-order valence-corrected chi connectivity index (χ4v) is 3.52. The minimum absolute atomic E-state index is 0.0766. The summed E-state index contributed by atoms with van der Waals surface area (Å²) in [6.07, 6.45) is 0.214. The van der Waals surface area contributed by atoms with Gasteiger partial charge in [0.15, 0.2) is 0 Å². The molecule has 4 aromatic rings. The first kappa shape index (κ1) is 20.6. The maximum atomic E-state index is 13.3. The Hall–Kier alpha value is -3.70. The van der Waals surface area contributed by atoms with Crippen molar-refractivity contribution in [2.24, 2.45) is 0 Å². The van der Waals surface area contributed by atoms with Crippen LogP contribution in [0.4, 0.5) is 15.8 Å². The van der Waals surface area contributed by atoms with E-state index in [1.54, 1.807) is 24.3 Å². The van der Waals surface area contributed by atoms with Crippen molar-refractivity contribution in [3.05, 3.63) is 107 Å². The predicted octanol–water partition coefficient (Wildman–Crippen LogP) is 6.07. The quantitative estimate of drug-likeness (QED) is 0.402. The molecule has 0 aliphatic rings. The molecule has 4 rings (SSSR count). The van der Waals surface area contributed by atoms with Crippen LogP contribution in [0, 0.1) is 5.82 Å². The van der Waals surface area contributed by atoms with E-state index in [-0.39, 0.29) is 17.4 Å². The van der Waals surface area contributed by atoms with Gasteiger partial charge in [0.1, 0.15) is 5.82 Å². The number of nitrogens with one attached hydrogen (secondary N) is 2. The molecule has 154 valence electrons. The van der Waals surface area contributed by atoms with E-state index in [1.807, 2.05) is 42.5 Å². The molecule has 0 unspecified atom stereocenters. The van der Waals surface area contributed by atoms with Crippen molar-refractivity contribution >= 4 is 45.6 Å². The summed E-state index contributed by atoms with van der Waals surface area (Å²) in [7, 11) is 0. The molecule has 0 atom stereocenters. The molecule has 4 nitrogen and oxygen atoms in total. The highest BCUT2D eigenvalue weighted by Crippen LogP contribution is 2.21. The summed E-state index contributed by atoms with van der Waals surface area (Å²) >= 11 is 5.75. The molecular weight excluding hydrogens is 415 g/mol. The van der Waals surface area contributed by atoms with Gasteiger partial charge in [-0.1, -0.05) is 60.1 Å². The van der Waals surface area contributed by atoms with Crippen LogP contribution in [0.15, 0.2) is 84.9 Å². The number of anilines is 2. The Morgan fingerprint density at radius 2 is 1.55 bits per heavy atom. The van der Waals surface area contributed by atoms with Crippen molar-refractivity contribution < 1.29 is 14.0 Å². The van der Waals surface area contributed by atoms with Gasteiger partial charge in [-0.15, -0.1) is 0 Å². The van der Waals surface area contributed by atoms with Gasteiger partial charge in [-0.25, -0.2) is 4.39 Å². The van der Waals surface area contributed by atoms with Gasteiger partial charge in [0.05, 0.1) is 11.4 Å². The molecule has 0 bridgehead atoms. The van der Waals surface area contributed by atoms with Crippen LogP contribution in [0.1, 0.15) is 15.9 Å². The molecule has 6 heteroatoms. The van der Waals surface area contributed by atoms with Gasteiger partial charge in [-0.05, 0) is 52.7 Å². The highest BCUT2D eigenvalue weighted by Gasteiger charge is 2.11. The molecule has 0 aromatic heterocycles. The standard InChI is InChI=1S/C25H18ClFN2O2/c26-22-15-20(11-12-23(22)27)29-25(31)18-8-4-9-19(13-18)28-24(30)14-17-7-3-6-16-5-1-2-10-21(16)17/h1-13,15H,14H2,(H,28,30)(H,29,31). The number of halogens is 2. The normalized spacial score (nSPS) is 10.6. The number of hydrogen-bond donors (Lipinski definition) is 2. The lowest BCUT2D eigenvalue weighted by molar-refractivity contribution is -0.115. The second-order valence-corrected chi connectivity index (χ2v) is 7.43. The van der Waals surface area contributed by atoms with Gasteiger partial charge in [0, 0.05) is 16.9 Å². The van der Waals surface area contributed by atoms with Gasteiger partial charge in [0.25, 0.3) is 5.91 Å². The second kappa shape index (κ2) is 8.98. The summed E-state index contributed by atoms with van der Waals surface area (Å²) in [5, 5.41) is 7.54. The van der Waals surface area contributed by atoms with Crippen LogP contribution in [-0.2, 0) is 11.2 Å². The fourth-order valence-electron chi connectivity index (χ4n) is 3.34. The molecule has 0 saturated heterocycles. The first-order chi connectivity index (χ1) is 15.0. The molecule has 0 spiro atoms. The number of carbonyl (C=O) groups is 2. The van der Waals surface area contributed by atoms with Gasteiger partial charge < -0.3 is 10.6 Å².